The van der Waals surface area contributed by atoms with E-state index in [2.05, 4.69) is 6.92 Å². The summed E-state index contributed by atoms with van der Waals surface area (Å²) in [5, 5.41) is 20.1. The molecule has 0 amide bonds. The molecule has 3 nitrogen and oxygen atoms in total. The minimum atomic E-state index is -0.932. The average molecular weight is 306 g/mol. The average Bonchev–Trinajstić information content (AvgIpc) is 2.45. The second kappa shape index (κ2) is 19.1. The SMILES string of the molecule is CCCCCCCC(O)CCCCCCCCCC(=O)[O-].[Li+]. The van der Waals surface area contributed by atoms with Crippen LogP contribution >= 0.6 is 0 Å². The molecule has 0 aliphatic rings. The largest absolute Gasteiger partial charge is 1.00 e. The van der Waals surface area contributed by atoms with Gasteiger partial charge in [0.15, 0.2) is 0 Å². The molecular weight excluding hydrogens is 271 g/mol. The van der Waals surface area contributed by atoms with Crippen LogP contribution in [0.4, 0.5) is 0 Å². The van der Waals surface area contributed by atoms with Crippen LogP contribution in [0.5, 0.6) is 0 Å². The predicted octanol–water partition coefficient (Wildman–Crippen LogP) is 0.973. The van der Waals surface area contributed by atoms with E-state index in [0.29, 0.717) is 0 Å². The molecule has 1 atom stereocenters. The molecule has 0 aromatic carbocycles. The standard InChI is InChI=1S/C18H36O3.Li/c1-2-3-4-8-11-14-17(19)15-12-9-6-5-7-10-13-16-18(20)21;/h17,19H,2-16H2,1H3,(H,20,21);/q;+1/p-1. The minimum absolute atomic E-state index is 0. The molecule has 0 bridgehead atoms. The first-order chi connectivity index (χ1) is 10.2. The topological polar surface area (TPSA) is 60.4 Å². The summed E-state index contributed by atoms with van der Waals surface area (Å²) in [7, 11) is 0. The number of rotatable bonds is 16. The second-order valence-electron chi connectivity index (χ2n) is 6.24. The van der Waals surface area contributed by atoms with E-state index < -0.39 is 5.97 Å². The van der Waals surface area contributed by atoms with Gasteiger partial charge in [-0.05, 0) is 25.7 Å². The fraction of sp³-hybridized carbons (Fsp3) is 0.944. The van der Waals surface area contributed by atoms with Crippen molar-refractivity contribution in [2.45, 2.75) is 109 Å². The Bertz CT molecular complexity index is 234. The van der Waals surface area contributed by atoms with Crippen LogP contribution in [-0.4, -0.2) is 17.2 Å². The summed E-state index contributed by atoms with van der Waals surface area (Å²) < 4.78 is 0. The number of carbonyl (C=O) groups excluding carboxylic acids is 1. The van der Waals surface area contributed by atoms with Gasteiger partial charge in [-0.15, -0.1) is 0 Å². The molecule has 4 heteroatoms. The van der Waals surface area contributed by atoms with Crippen molar-refractivity contribution in [1.82, 2.24) is 0 Å². The van der Waals surface area contributed by atoms with Crippen molar-refractivity contribution < 1.29 is 33.9 Å². The summed E-state index contributed by atoms with van der Waals surface area (Å²) in [6.45, 7) is 2.22. The molecule has 0 saturated heterocycles. The number of aliphatic carboxylic acids is 1. The van der Waals surface area contributed by atoms with Gasteiger partial charge < -0.3 is 15.0 Å². The van der Waals surface area contributed by atoms with Crippen molar-refractivity contribution in [1.29, 1.82) is 0 Å². The smallest absolute Gasteiger partial charge is 0.550 e. The first-order valence-corrected chi connectivity index (χ1v) is 9.04. The molecule has 0 spiro atoms. The van der Waals surface area contributed by atoms with Crippen LogP contribution < -0.4 is 24.0 Å². The molecule has 1 N–H and O–H groups in total. The van der Waals surface area contributed by atoms with E-state index in [4.69, 9.17) is 0 Å². The van der Waals surface area contributed by atoms with Gasteiger partial charge in [-0.2, -0.15) is 0 Å². The fourth-order valence-electron chi connectivity index (χ4n) is 2.66. The Labute approximate surface area is 149 Å². The summed E-state index contributed by atoms with van der Waals surface area (Å²) >= 11 is 0. The molecular formula is C18H35LiO3. The zero-order valence-electron chi connectivity index (χ0n) is 14.9. The molecule has 0 heterocycles. The van der Waals surface area contributed by atoms with Gasteiger partial charge in [0, 0.05) is 5.97 Å². The van der Waals surface area contributed by atoms with E-state index in [1.165, 1.54) is 51.4 Å². The van der Waals surface area contributed by atoms with Crippen molar-refractivity contribution in [3.63, 3.8) is 0 Å². The maximum Gasteiger partial charge on any atom is 1.00 e. The van der Waals surface area contributed by atoms with E-state index >= 15 is 0 Å². The van der Waals surface area contributed by atoms with E-state index in [9.17, 15) is 15.0 Å². The maximum atomic E-state index is 10.2. The van der Waals surface area contributed by atoms with Gasteiger partial charge >= 0.3 is 18.9 Å². The third kappa shape index (κ3) is 20.0. The van der Waals surface area contributed by atoms with E-state index in [1.54, 1.807) is 0 Å². The molecule has 22 heavy (non-hydrogen) atoms. The van der Waals surface area contributed by atoms with Crippen molar-refractivity contribution in [2.24, 2.45) is 0 Å². The summed E-state index contributed by atoms with van der Waals surface area (Å²) in [6.07, 6.45) is 15.9. The Hall–Kier alpha value is 0.0274. The summed E-state index contributed by atoms with van der Waals surface area (Å²) in [4.78, 5) is 10.2. The third-order valence-electron chi connectivity index (χ3n) is 4.06. The first kappa shape index (κ1) is 24.3. The van der Waals surface area contributed by atoms with Gasteiger partial charge in [0.1, 0.15) is 0 Å². The first-order valence-electron chi connectivity index (χ1n) is 9.04. The molecule has 1 unspecified atom stereocenters. The number of hydrogen-bond acceptors (Lipinski definition) is 3. The normalized spacial score (nSPS) is 11.9. The quantitative estimate of drug-likeness (QED) is 0.341. The van der Waals surface area contributed by atoms with Gasteiger partial charge in [-0.3, -0.25) is 0 Å². The Morgan fingerprint density at radius 3 is 1.68 bits per heavy atom. The number of carboxylic acid groups (broad SMARTS) is 1. The van der Waals surface area contributed by atoms with Crippen LogP contribution in [0.1, 0.15) is 103 Å². The van der Waals surface area contributed by atoms with E-state index in [1.807, 2.05) is 0 Å². The Balaban J connectivity index is 0. The van der Waals surface area contributed by atoms with Gasteiger partial charge in [0.2, 0.25) is 0 Å². The second-order valence-corrected chi connectivity index (χ2v) is 6.24. The molecule has 0 aromatic rings. The summed E-state index contributed by atoms with van der Waals surface area (Å²) in [5.41, 5.74) is 0. The number of carboxylic acids is 1. The van der Waals surface area contributed by atoms with Crippen LogP contribution in [0.25, 0.3) is 0 Å². The molecule has 0 aromatic heterocycles. The van der Waals surface area contributed by atoms with Crippen LogP contribution in [0.15, 0.2) is 0 Å². The summed E-state index contributed by atoms with van der Waals surface area (Å²) in [6, 6.07) is 0. The van der Waals surface area contributed by atoms with Crippen LogP contribution in [0, 0.1) is 0 Å². The Morgan fingerprint density at radius 2 is 1.23 bits per heavy atom. The summed E-state index contributed by atoms with van der Waals surface area (Å²) in [5.74, 6) is -0.932. The van der Waals surface area contributed by atoms with Gasteiger partial charge in [-0.25, -0.2) is 0 Å². The number of unbranched alkanes of at least 4 members (excludes halogenated alkanes) is 10. The van der Waals surface area contributed by atoms with Crippen molar-refractivity contribution in [3.8, 4) is 0 Å². The molecule has 126 valence electrons. The predicted molar refractivity (Wildman–Crippen MR) is 85.9 cm³/mol. The molecule has 0 rings (SSSR count). The number of carbonyl (C=O) groups is 1. The van der Waals surface area contributed by atoms with Gasteiger partial charge in [0.05, 0.1) is 6.10 Å². The fourth-order valence-corrected chi connectivity index (χ4v) is 2.66. The Morgan fingerprint density at radius 1 is 0.818 bits per heavy atom. The van der Waals surface area contributed by atoms with E-state index in [0.717, 1.165) is 38.5 Å². The number of aliphatic hydroxyl groups excluding tert-OH is 1. The molecule has 0 fully saturated rings. The monoisotopic (exact) mass is 306 g/mol. The number of hydrogen-bond donors (Lipinski definition) is 1. The van der Waals surface area contributed by atoms with Crippen molar-refractivity contribution in [2.75, 3.05) is 0 Å². The molecule has 0 aliphatic heterocycles. The molecule has 0 saturated carbocycles. The zero-order valence-corrected chi connectivity index (χ0v) is 14.9. The maximum absolute atomic E-state index is 10.2. The Kier molecular flexibility index (Phi) is 21.1. The molecule has 0 radical (unpaired) electrons. The van der Waals surface area contributed by atoms with Gasteiger partial charge in [0.25, 0.3) is 0 Å². The minimum Gasteiger partial charge on any atom is -0.550 e. The van der Waals surface area contributed by atoms with Crippen molar-refractivity contribution >= 4 is 5.97 Å². The number of aliphatic hydroxyl groups is 1. The van der Waals surface area contributed by atoms with Crippen molar-refractivity contribution in [3.05, 3.63) is 0 Å². The van der Waals surface area contributed by atoms with Crippen LogP contribution in [-0.2, 0) is 4.79 Å². The molecule has 0 aliphatic carbocycles. The van der Waals surface area contributed by atoms with E-state index in [-0.39, 0.29) is 31.4 Å². The van der Waals surface area contributed by atoms with Crippen LogP contribution in [0.2, 0.25) is 0 Å². The zero-order chi connectivity index (χ0) is 15.8. The third-order valence-corrected chi connectivity index (χ3v) is 4.06. The van der Waals surface area contributed by atoms with Crippen LogP contribution in [0.3, 0.4) is 0 Å². The van der Waals surface area contributed by atoms with Gasteiger partial charge in [-0.1, -0.05) is 77.6 Å².